The van der Waals surface area contributed by atoms with Crippen LogP contribution in [0.4, 0.5) is 0 Å². The maximum Gasteiger partial charge on any atom is 0.221 e. The van der Waals surface area contributed by atoms with Crippen LogP contribution >= 0.6 is 15.9 Å². The van der Waals surface area contributed by atoms with Crippen molar-refractivity contribution in [2.75, 3.05) is 0 Å². The molecule has 0 unspecified atom stereocenters. The summed E-state index contributed by atoms with van der Waals surface area (Å²) in [4.78, 5) is 10.6. The molecule has 0 aliphatic heterocycles. The fourth-order valence-electron chi connectivity index (χ4n) is 1.02. The molecule has 68 valence electrons. The second-order valence-corrected chi connectivity index (χ2v) is 3.67. The highest BCUT2D eigenvalue weighted by molar-refractivity contribution is 9.10. The van der Waals surface area contributed by atoms with Gasteiger partial charge in [-0.2, -0.15) is 0 Å². The molecule has 0 aliphatic rings. The number of hydrogen-bond acceptors (Lipinski definition) is 1. The first-order valence-electron chi connectivity index (χ1n) is 3.81. The van der Waals surface area contributed by atoms with E-state index in [1.807, 2.05) is 24.3 Å². The van der Waals surface area contributed by atoms with Crippen molar-refractivity contribution < 1.29 is 4.79 Å². The van der Waals surface area contributed by atoms with Crippen molar-refractivity contribution in [2.45, 2.75) is 6.42 Å². The predicted molar refractivity (Wildman–Crippen MR) is 57.0 cm³/mol. The van der Waals surface area contributed by atoms with E-state index in [2.05, 4.69) is 22.5 Å². The minimum Gasteiger partial charge on any atom is -0.369 e. The van der Waals surface area contributed by atoms with E-state index in [-0.39, 0.29) is 12.3 Å². The first-order chi connectivity index (χ1) is 6.09. The minimum atomic E-state index is -0.357. The zero-order chi connectivity index (χ0) is 9.84. The van der Waals surface area contributed by atoms with Gasteiger partial charge in [0.05, 0.1) is 6.42 Å². The Bertz CT molecular complexity index is 347. The van der Waals surface area contributed by atoms with E-state index >= 15 is 0 Å². The van der Waals surface area contributed by atoms with Crippen LogP contribution < -0.4 is 5.73 Å². The molecule has 0 fully saturated rings. The monoisotopic (exact) mass is 239 g/mol. The molecule has 0 radical (unpaired) electrons. The van der Waals surface area contributed by atoms with Crippen LogP contribution in [0, 0.1) is 0 Å². The largest absolute Gasteiger partial charge is 0.369 e. The highest BCUT2D eigenvalue weighted by atomic mass is 79.9. The van der Waals surface area contributed by atoms with Crippen LogP contribution in [0.5, 0.6) is 0 Å². The Morgan fingerprint density at radius 3 is 2.77 bits per heavy atom. The Labute approximate surface area is 85.6 Å². The summed E-state index contributed by atoms with van der Waals surface area (Å²) in [6, 6.07) is 7.62. The third-order valence-electron chi connectivity index (χ3n) is 1.62. The molecule has 3 heteroatoms. The average Bonchev–Trinajstić information content (AvgIpc) is 2.03. The van der Waals surface area contributed by atoms with Crippen molar-refractivity contribution in [1.82, 2.24) is 0 Å². The fourth-order valence-corrected chi connectivity index (χ4v) is 1.42. The Kier molecular flexibility index (Phi) is 3.25. The van der Waals surface area contributed by atoms with Gasteiger partial charge in [-0.15, -0.1) is 0 Å². The second kappa shape index (κ2) is 4.23. The van der Waals surface area contributed by atoms with Crippen LogP contribution in [0.3, 0.4) is 0 Å². The van der Waals surface area contributed by atoms with Crippen molar-refractivity contribution in [1.29, 1.82) is 0 Å². The first-order valence-corrected chi connectivity index (χ1v) is 4.61. The van der Waals surface area contributed by atoms with Crippen LogP contribution in [0.15, 0.2) is 35.3 Å². The number of carbonyl (C=O) groups is 1. The second-order valence-electron chi connectivity index (χ2n) is 2.76. The summed E-state index contributed by atoms with van der Waals surface area (Å²) < 4.78 is 0.968. The van der Waals surface area contributed by atoms with Crippen molar-refractivity contribution in [3.05, 3.63) is 40.9 Å². The lowest BCUT2D eigenvalue weighted by molar-refractivity contribution is -0.117. The Morgan fingerprint density at radius 2 is 2.23 bits per heavy atom. The molecule has 1 aromatic carbocycles. The number of nitrogens with two attached hydrogens (primary N) is 1. The molecule has 0 bridgehead atoms. The van der Waals surface area contributed by atoms with Gasteiger partial charge in [0, 0.05) is 4.47 Å². The Balaban J connectivity index is 2.83. The van der Waals surface area contributed by atoms with Gasteiger partial charge < -0.3 is 5.73 Å². The quantitative estimate of drug-likeness (QED) is 0.865. The van der Waals surface area contributed by atoms with Crippen LogP contribution in [0.2, 0.25) is 0 Å². The number of hydrogen-bond donors (Lipinski definition) is 1. The van der Waals surface area contributed by atoms with Crippen molar-refractivity contribution in [2.24, 2.45) is 5.73 Å². The standard InChI is InChI=1S/C10H10BrNO/c1-7(5-10(12)13)8-3-2-4-9(11)6-8/h2-4,6H,1,5H2,(H2,12,13). The summed E-state index contributed by atoms with van der Waals surface area (Å²) in [7, 11) is 0. The number of halogens is 1. The minimum absolute atomic E-state index is 0.205. The normalized spacial score (nSPS) is 9.62. The van der Waals surface area contributed by atoms with E-state index in [0.29, 0.717) is 0 Å². The lowest BCUT2D eigenvalue weighted by atomic mass is 10.0. The van der Waals surface area contributed by atoms with E-state index in [1.165, 1.54) is 0 Å². The molecule has 1 amide bonds. The molecule has 0 saturated carbocycles. The molecule has 0 heterocycles. The molecule has 0 aliphatic carbocycles. The molecule has 0 spiro atoms. The zero-order valence-electron chi connectivity index (χ0n) is 7.09. The maximum atomic E-state index is 10.6. The lowest BCUT2D eigenvalue weighted by Gasteiger charge is -2.03. The molecule has 1 aromatic rings. The van der Waals surface area contributed by atoms with E-state index in [4.69, 9.17) is 5.73 Å². The molecule has 0 atom stereocenters. The third-order valence-corrected chi connectivity index (χ3v) is 2.11. The van der Waals surface area contributed by atoms with Crippen LogP contribution in [-0.4, -0.2) is 5.91 Å². The van der Waals surface area contributed by atoms with Crippen molar-refractivity contribution in [3.8, 4) is 0 Å². The number of amides is 1. The van der Waals surface area contributed by atoms with E-state index in [0.717, 1.165) is 15.6 Å². The Hall–Kier alpha value is -1.09. The zero-order valence-corrected chi connectivity index (χ0v) is 8.67. The van der Waals surface area contributed by atoms with Gasteiger partial charge in [-0.1, -0.05) is 34.6 Å². The van der Waals surface area contributed by atoms with Crippen LogP contribution in [0.1, 0.15) is 12.0 Å². The van der Waals surface area contributed by atoms with Gasteiger partial charge in [0.2, 0.25) is 5.91 Å². The van der Waals surface area contributed by atoms with Crippen LogP contribution in [-0.2, 0) is 4.79 Å². The smallest absolute Gasteiger partial charge is 0.221 e. The highest BCUT2D eigenvalue weighted by Crippen LogP contribution is 2.19. The van der Waals surface area contributed by atoms with Crippen LogP contribution in [0.25, 0.3) is 5.57 Å². The molecule has 2 N–H and O–H groups in total. The highest BCUT2D eigenvalue weighted by Gasteiger charge is 2.02. The topological polar surface area (TPSA) is 43.1 Å². The van der Waals surface area contributed by atoms with Gasteiger partial charge in [-0.3, -0.25) is 4.79 Å². The molecule has 13 heavy (non-hydrogen) atoms. The van der Waals surface area contributed by atoms with E-state index in [9.17, 15) is 4.79 Å². The summed E-state index contributed by atoms with van der Waals surface area (Å²) in [5.41, 5.74) is 6.74. The molecular formula is C10H10BrNO. The SMILES string of the molecule is C=C(CC(N)=O)c1cccc(Br)c1. The molecule has 0 saturated heterocycles. The number of primary amides is 1. The summed E-state index contributed by atoms with van der Waals surface area (Å²) in [6.45, 7) is 3.78. The molecular weight excluding hydrogens is 230 g/mol. The maximum absolute atomic E-state index is 10.6. The molecule has 0 aromatic heterocycles. The van der Waals surface area contributed by atoms with Gasteiger partial charge in [-0.25, -0.2) is 0 Å². The summed E-state index contributed by atoms with van der Waals surface area (Å²) in [5, 5.41) is 0. The van der Waals surface area contributed by atoms with Crippen molar-refractivity contribution >= 4 is 27.4 Å². The number of benzene rings is 1. The van der Waals surface area contributed by atoms with Gasteiger partial charge >= 0.3 is 0 Å². The third kappa shape index (κ3) is 3.03. The summed E-state index contributed by atoms with van der Waals surface area (Å²) in [6.07, 6.45) is 0.205. The van der Waals surface area contributed by atoms with Gasteiger partial charge in [-0.05, 0) is 23.3 Å². The lowest BCUT2D eigenvalue weighted by Crippen LogP contribution is -2.10. The van der Waals surface area contributed by atoms with Gasteiger partial charge in [0.1, 0.15) is 0 Å². The molecule has 1 rings (SSSR count). The fraction of sp³-hybridized carbons (Fsp3) is 0.100. The summed E-state index contributed by atoms with van der Waals surface area (Å²) >= 11 is 3.34. The van der Waals surface area contributed by atoms with Gasteiger partial charge in [0.15, 0.2) is 0 Å². The Morgan fingerprint density at radius 1 is 1.54 bits per heavy atom. The first kappa shape index (κ1) is 9.99. The van der Waals surface area contributed by atoms with Crippen molar-refractivity contribution in [3.63, 3.8) is 0 Å². The summed E-state index contributed by atoms with van der Waals surface area (Å²) in [5.74, 6) is -0.357. The van der Waals surface area contributed by atoms with Gasteiger partial charge in [0.25, 0.3) is 0 Å². The number of rotatable bonds is 3. The predicted octanol–water partition coefficient (Wildman–Crippen LogP) is 2.34. The van der Waals surface area contributed by atoms with E-state index < -0.39 is 0 Å². The van der Waals surface area contributed by atoms with E-state index in [1.54, 1.807) is 0 Å². The molecule has 2 nitrogen and oxygen atoms in total. The number of carbonyl (C=O) groups excluding carboxylic acids is 1. The average molecular weight is 240 g/mol.